The summed E-state index contributed by atoms with van der Waals surface area (Å²) in [6.07, 6.45) is 0.826. The molecule has 0 radical (unpaired) electrons. The second-order valence-corrected chi connectivity index (χ2v) is 9.36. The molecule has 33 heavy (non-hydrogen) atoms. The van der Waals surface area contributed by atoms with Gasteiger partial charge in [-0.1, -0.05) is 65.9 Å². The second-order valence-electron chi connectivity index (χ2n) is 8.93. The number of benzene rings is 3. The molecule has 0 bridgehead atoms. The molecular weight excluding hydrogens is 430 g/mol. The lowest BCUT2D eigenvalue weighted by atomic mass is 9.91. The summed E-state index contributed by atoms with van der Waals surface area (Å²) in [5.74, 6) is 5.95. The van der Waals surface area contributed by atoms with Crippen LogP contribution >= 0.6 is 11.6 Å². The van der Waals surface area contributed by atoms with E-state index in [1.54, 1.807) is 0 Å². The minimum atomic E-state index is -0.702. The molecule has 0 aromatic heterocycles. The molecule has 0 saturated carbocycles. The Morgan fingerprint density at radius 2 is 1.76 bits per heavy atom. The van der Waals surface area contributed by atoms with Gasteiger partial charge in [0.2, 0.25) is 0 Å². The van der Waals surface area contributed by atoms with Crippen molar-refractivity contribution in [3.63, 3.8) is 0 Å². The minimum Gasteiger partial charge on any atom is -0.481 e. The topological polar surface area (TPSA) is 40.5 Å². The summed E-state index contributed by atoms with van der Waals surface area (Å²) < 4.78 is 0. The Kier molecular flexibility index (Phi) is 7.18. The van der Waals surface area contributed by atoms with E-state index in [0.29, 0.717) is 13.1 Å². The van der Waals surface area contributed by atoms with Crippen molar-refractivity contribution in [1.29, 1.82) is 0 Å². The van der Waals surface area contributed by atoms with Crippen molar-refractivity contribution in [2.75, 3.05) is 13.1 Å². The van der Waals surface area contributed by atoms with E-state index >= 15 is 0 Å². The van der Waals surface area contributed by atoms with Gasteiger partial charge in [0.05, 0.1) is 5.92 Å². The van der Waals surface area contributed by atoms with Crippen molar-refractivity contribution in [2.24, 2.45) is 5.92 Å². The van der Waals surface area contributed by atoms with E-state index in [9.17, 15) is 4.79 Å². The summed E-state index contributed by atoms with van der Waals surface area (Å²) in [6, 6.07) is 22.8. The van der Waals surface area contributed by atoms with Gasteiger partial charge < -0.3 is 5.11 Å². The van der Waals surface area contributed by atoms with Crippen LogP contribution in [-0.4, -0.2) is 29.1 Å². The third kappa shape index (κ3) is 6.05. The summed E-state index contributed by atoms with van der Waals surface area (Å²) >= 11 is 6.27. The van der Waals surface area contributed by atoms with E-state index in [1.807, 2.05) is 30.3 Å². The first-order valence-electron chi connectivity index (χ1n) is 11.2. The van der Waals surface area contributed by atoms with E-state index < -0.39 is 5.97 Å². The molecule has 1 aliphatic heterocycles. The third-order valence-corrected chi connectivity index (χ3v) is 6.55. The SMILES string of the molecule is Cc1ccc(CC(C#Cc2ccc(CN3CC(C(=O)O)C3)cc2)c2cccc(Cl)c2)cc1C. The van der Waals surface area contributed by atoms with Crippen LogP contribution in [0, 0.1) is 31.6 Å². The molecule has 3 nitrogen and oxygen atoms in total. The molecule has 1 fully saturated rings. The van der Waals surface area contributed by atoms with Gasteiger partial charge in [-0.05, 0) is 72.4 Å². The molecular formula is C29H28ClNO2. The number of rotatable bonds is 6. The summed E-state index contributed by atoms with van der Waals surface area (Å²) in [6.45, 7) is 6.29. The van der Waals surface area contributed by atoms with Gasteiger partial charge in [0.25, 0.3) is 0 Å². The average Bonchev–Trinajstić information content (AvgIpc) is 2.76. The standard InChI is InChI=1S/C29H28ClNO2/c1-20-6-7-24(14-21(20)2)15-26(25-4-3-5-28(30)16-25)13-12-22-8-10-23(11-9-22)17-31-18-27(19-31)29(32)33/h3-11,14,16,26-27H,15,17-19H2,1-2H3,(H,32,33). The molecule has 1 atom stereocenters. The molecule has 0 aliphatic carbocycles. The third-order valence-electron chi connectivity index (χ3n) is 6.32. The number of aliphatic carboxylic acids is 1. The Bertz CT molecular complexity index is 1200. The fourth-order valence-corrected chi connectivity index (χ4v) is 4.32. The Morgan fingerprint density at radius 1 is 1.03 bits per heavy atom. The Labute approximate surface area is 201 Å². The minimum absolute atomic E-state index is 0.0412. The van der Waals surface area contributed by atoms with Crippen molar-refractivity contribution in [2.45, 2.75) is 32.7 Å². The summed E-state index contributed by atoms with van der Waals surface area (Å²) in [5, 5.41) is 9.75. The number of hydrogen-bond acceptors (Lipinski definition) is 2. The van der Waals surface area contributed by atoms with Gasteiger partial charge in [-0.2, -0.15) is 0 Å². The number of likely N-dealkylation sites (tertiary alicyclic amines) is 1. The lowest BCUT2D eigenvalue weighted by Crippen LogP contribution is -2.49. The zero-order chi connectivity index (χ0) is 23.4. The summed E-state index contributed by atoms with van der Waals surface area (Å²) in [4.78, 5) is 13.1. The van der Waals surface area contributed by atoms with Crippen LogP contribution in [-0.2, 0) is 17.8 Å². The highest BCUT2D eigenvalue weighted by atomic mass is 35.5. The van der Waals surface area contributed by atoms with Gasteiger partial charge in [-0.25, -0.2) is 0 Å². The predicted octanol–water partition coefficient (Wildman–Crippen LogP) is 5.85. The molecule has 1 aliphatic rings. The monoisotopic (exact) mass is 457 g/mol. The van der Waals surface area contributed by atoms with Crippen molar-refractivity contribution >= 4 is 17.6 Å². The highest BCUT2D eigenvalue weighted by Gasteiger charge is 2.32. The molecule has 4 heteroatoms. The number of halogens is 1. The van der Waals surface area contributed by atoms with Gasteiger partial charge in [0.1, 0.15) is 0 Å². The van der Waals surface area contributed by atoms with Crippen LogP contribution in [0.2, 0.25) is 5.02 Å². The maximum absolute atomic E-state index is 11.0. The average molecular weight is 458 g/mol. The molecule has 1 saturated heterocycles. The number of carbonyl (C=O) groups is 1. The van der Waals surface area contributed by atoms with Gasteiger partial charge in [-0.15, -0.1) is 0 Å². The van der Waals surface area contributed by atoms with Crippen LogP contribution in [0.4, 0.5) is 0 Å². The molecule has 3 aromatic rings. The molecule has 3 aromatic carbocycles. The first-order chi connectivity index (χ1) is 15.9. The largest absolute Gasteiger partial charge is 0.481 e. The Morgan fingerprint density at radius 3 is 2.42 bits per heavy atom. The first kappa shape index (κ1) is 23.1. The van der Waals surface area contributed by atoms with E-state index in [4.69, 9.17) is 16.7 Å². The predicted molar refractivity (Wildman–Crippen MR) is 134 cm³/mol. The number of carboxylic acids is 1. The maximum atomic E-state index is 11.0. The van der Waals surface area contributed by atoms with Crippen LogP contribution in [0.3, 0.4) is 0 Å². The van der Waals surface area contributed by atoms with Gasteiger partial charge >= 0.3 is 5.97 Å². The van der Waals surface area contributed by atoms with Crippen LogP contribution in [0.1, 0.15) is 39.3 Å². The first-order valence-corrected chi connectivity index (χ1v) is 11.6. The zero-order valence-electron chi connectivity index (χ0n) is 19.0. The van der Waals surface area contributed by atoms with E-state index in [0.717, 1.165) is 29.1 Å². The van der Waals surface area contributed by atoms with Crippen molar-refractivity contribution < 1.29 is 9.90 Å². The summed E-state index contributed by atoms with van der Waals surface area (Å²) in [5.41, 5.74) is 7.11. The van der Waals surface area contributed by atoms with Crippen molar-refractivity contribution in [3.05, 3.63) is 105 Å². The molecule has 1 N–H and O–H groups in total. The van der Waals surface area contributed by atoms with Crippen LogP contribution < -0.4 is 0 Å². The molecule has 4 rings (SSSR count). The van der Waals surface area contributed by atoms with Gasteiger partial charge in [0.15, 0.2) is 0 Å². The zero-order valence-corrected chi connectivity index (χ0v) is 19.8. The second kappa shape index (κ2) is 10.3. The maximum Gasteiger partial charge on any atom is 0.309 e. The molecule has 0 amide bonds. The molecule has 1 heterocycles. The lowest BCUT2D eigenvalue weighted by molar-refractivity contribution is -0.147. The highest BCUT2D eigenvalue weighted by Crippen LogP contribution is 2.25. The number of hydrogen-bond donors (Lipinski definition) is 1. The molecule has 0 spiro atoms. The Balaban J connectivity index is 1.49. The van der Waals surface area contributed by atoms with E-state index in [2.05, 4.69) is 67.0 Å². The Hall–Kier alpha value is -3.06. The van der Waals surface area contributed by atoms with Gasteiger partial charge in [0, 0.05) is 36.1 Å². The number of carboxylic acid groups (broad SMARTS) is 1. The van der Waals surface area contributed by atoms with Crippen LogP contribution in [0.25, 0.3) is 0 Å². The van der Waals surface area contributed by atoms with Crippen molar-refractivity contribution in [1.82, 2.24) is 4.90 Å². The fraction of sp³-hybridized carbons (Fsp3) is 0.276. The van der Waals surface area contributed by atoms with E-state index in [-0.39, 0.29) is 11.8 Å². The van der Waals surface area contributed by atoms with Crippen LogP contribution in [0.5, 0.6) is 0 Å². The van der Waals surface area contributed by atoms with Crippen LogP contribution in [0.15, 0.2) is 66.7 Å². The lowest BCUT2D eigenvalue weighted by Gasteiger charge is -2.36. The molecule has 168 valence electrons. The molecule has 1 unspecified atom stereocenters. The summed E-state index contributed by atoms with van der Waals surface area (Å²) in [7, 11) is 0. The van der Waals surface area contributed by atoms with E-state index in [1.165, 1.54) is 22.3 Å². The smallest absolute Gasteiger partial charge is 0.309 e. The number of aryl methyl sites for hydroxylation is 2. The number of nitrogens with zero attached hydrogens (tertiary/aromatic N) is 1. The van der Waals surface area contributed by atoms with Gasteiger partial charge in [-0.3, -0.25) is 9.69 Å². The quantitative estimate of drug-likeness (QED) is 0.472. The highest BCUT2D eigenvalue weighted by molar-refractivity contribution is 6.30. The normalized spacial score (nSPS) is 14.8. The van der Waals surface area contributed by atoms with Crippen molar-refractivity contribution in [3.8, 4) is 11.8 Å². The fourth-order valence-electron chi connectivity index (χ4n) is 4.12.